The van der Waals surface area contributed by atoms with Crippen molar-refractivity contribution in [2.45, 2.75) is 58.8 Å². The molecular weight excluding hydrogens is 292 g/mol. The van der Waals surface area contributed by atoms with Crippen molar-refractivity contribution in [3.05, 3.63) is 47.5 Å². The first-order chi connectivity index (χ1) is 11.0. The summed E-state index contributed by atoms with van der Waals surface area (Å²) < 4.78 is 0. The summed E-state index contributed by atoms with van der Waals surface area (Å²) in [5.41, 5.74) is -0.380. The fourth-order valence-corrected chi connectivity index (χ4v) is 1.95. The summed E-state index contributed by atoms with van der Waals surface area (Å²) in [6, 6.07) is 5.48. The summed E-state index contributed by atoms with van der Waals surface area (Å²) in [6.07, 6.45) is 14.0. The van der Waals surface area contributed by atoms with Crippen LogP contribution in [0, 0.1) is 0 Å². The molecular formula is C19H28O4. The topological polar surface area (TPSA) is 74.6 Å². The standard InChI is InChI=1S/C11H22.C8H6O4/c1-3-5-7-9-11-10-8-6-4-2;9-7(10)5-3-1-2-4-6(5)8(11)12/h7,9H,3-6,8,10-11H2,1-2H3;1-4H,(H,9,10)(H,11,12). The van der Waals surface area contributed by atoms with Gasteiger partial charge in [0.15, 0.2) is 0 Å². The van der Waals surface area contributed by atoms with Crippen LogP contribution in [-0.2, 0) is 0 Å². The zero-order valence-electron chi connectivity index (χ0n) is 14.1. The molecule has 0 spiro atoms. The molecule has 0 unspecified atom stereocenters. The second kappa shape index (κ2) is 13.6. The Morgan fingerprint density at radius 3 is 1.78 bits per heavy atom. The number of carboxylic acid groups (broad SMARTS) is 2. The first kappa shape index (κ1) is 20.9. The largest absolute Gasteiger partial charge is 0.478 e. The minimum absolute atomic E-state index is 0.190. The van der Waals surface area contributed by atoms with Gasteiger partial charge in [0, 0.05) is 0 Å². The van der Waals surface area contributed by atoms with Crippen molar-refractivity contribution in [2.24, 2.45) is 0 Å². The molecule has 0 aliphatic heterocycles. The Balaban J connectivity index is 0.000000423. The maximum absolute atomic E-state index is 10.5. The average molecular weight is 320 g/mol. The van der Waals surface area contributed by atoms with E-state index in [2.05, 4.69) is 26.0 Å². The quantitative estimate of drug-likeness (QED) is 0.472. The maximum Gasteiger partial charge on any atom is 0.336 e. The zero-order valence-corrected chi connectivity index (χ0v) is 14.1. The smallest absolute Gasteiger partial charge is 0.336 e. The van der Waals surface area contributed by atoms with Crippen LogP contribution in [0.15, 0.2) is 36.4 Å². The van der Waals surface area contributed by atoms with E-state index in [1.165, 1.54) is 69.2 Å². The lowest BCUT2D eigenvalue weighted by molar-refractivity contribution is 0.0651. The van der Waals surface area contributed by atoms with Gasteiger partial charge in [-0.1, -0.05) is 63.8 Å². The molecule has 0 heterocycles. The van der Waals surface area contributed by atoms with Crippen LogP contribution < -0.4 is 0 Å². The van der Waals surface area contributed by atoms with Gasteiger partial charge < -0.3 is 10.2 Å². The minimum Gasteiger partial charge on any atom is -0.478 e. The molecule has 4 heteroatoms. The van der Waals surface area contributed by atoms with Crippen molar-refractivity contribution >= 4 is 11.9 Å². The monoisotopic (exact) mass is 320 g/mol. The molecule has 0 bridgehead atoms. The number of allylic oxidation sites excluding steroid dienone is 2. The SMILES string of the molecule is CCCC=CCCCCCC.O=C(O)c1ccccc1C(=O)O. The third kappa shape index (κ3) is 10.3. The summed E-state index contributed by atoms with van der Waals surface area (Å²) in [6.45, 7) is 4.48. The van der Waals surface area contributed by atoms with Crippen LogP contribution in [0.5, 0.6) is 0 Å². The lowest BCUT2D eigenvalue weighted by atomic mass is 10.1. The average Bonchev–Trinajstić information content (AvgIpc) is 2.54. The van der Waals surface area contributed by atoms with Gasteiger partial charge in [0.2, 0.25) is 0 Å². The van der Waals surface area contributed by atoms with Crippen molar-refractivity contribution < 1.29 is 19.8 Å². The summed E-state index contributed by atoms with van der Waals surface area (Å²) >= 11 is 0. The van der Waals surface area contributed by atoms with Gasteiger partial charge in [-0.3, -0.25) is 0 Å². The molecule has 0 atom stereocenters. The molecule has 0 aliphatic carbocycles. The lowest BCUT2D eigenvalue weighted by Crippen LogP contribution is -2.06. The summed E-state index contributed by atoms with van der Waals surface area (Å²) in [7, 11) is 0. The van der Waals surface area contributed by atoms with E-state index >= 15 is 0 Å². The number of hydrogen-bond donors (Lipinski definition) is 2. The van der Waals surface area contributed by atoms with Crippen LogP contribution in [0.1, 0.15) is 79.5 Å². The van der Waals surface area contributed by atoms with Gasteiger partial charge in [-0.15, -0.1) is 0 Å². The molecule has 23 heavy (non-hydrogen) atoms. The van der Waals surface area contributed by atoms with Crippen LogP contribution in [0.4, 0.5) is 0 Å². The Hall–Kier alpha value is -2.10. The van der Waals surface area contributed by atoms with Gasteiger partial charge >= 0.3 is 11.9 Å². The molecule has 1 rings (SSSR count). The van der Waals surface area contributed by atoms with E-state index < -0.39 is 11.9 Å². The summed E-state index contributed by atoms with van der Waals surface area (Å²) in [5.74, 6) is -2.46. The normalized spacial score (nSPS) is 10.2. The van der Waals surface area contributed by atoms with Gasteiger partial charge in [0.05, 0.1) is 11.1 Å². The van der Waals surface area contributed by atoms with E-state index in [-0.39, 0.29) is 11.1 Å². The van der Waals surface area contributed by atoms with E-state index in [1.54, 1.807) is 0 Å². The third-order valence-corrected chi connectivity index (χ3v) is 3.23. The molecule has 1 aromatic rings. The molecule has 2 N–H and O–H groups in total. The predicted octanol–water partition coefficient (Wildman–Crippen LogP) is 5.40. The molecule has 0 radical (unpaired) electrons. The zero-order chi connectivity index (χ0) is 17.5. The Labute approximate surface area is 138 Å². The molecule has 0 aliphatic rings. The lowest BCUT2D eigenvalue weighted by Gasteiger charge is -1.98. The fraction of sp³-hybridized carbons (Fsp3) is 0.474. The fourth-order valence-electron chi connectivity index (χ4n) is 1.95. The molecule has 0 saturated heterocycles. The van der Waals surface area contributed by atoms with Crippen molar-refractivity contribution in [3.8, 4) is 0 Å². The number of carbonyl (C=O) groups is 2. The Morgan fingerprint density at radius 2 is 1.35 bits per heavy atom. The van der Waals surface area contributed by atoms with Crippen LogP contribution in [0.3, 0.4) is 0 Å². The van der Waals surface area contributed by atoms with Gasteiger partial charge in [-0.05, 0) is 31.4 Å². The molecule has 0 aromatic heterocycles. The molecule has 0 fully saturated rings. The van der Waals surface area contributed by atoms with Crippen molar-refractivity contribution in [3.63, 3.8) is 0 Å². The highest BCUT2D eigenvalue weighted by Gasteiger charge is 2.13. The molecule has 0 amide bonds. The highest BCUT2D eigenvalue weighted by Crippen LogP contribution is 2.08. The van der Waals surface area contributed by atoms with Crippen LogP contribution in [-0.4, -0.2) is 22.2 Å². The number of carboxylic acids is 2. The number of benzene rings is 1. The molecule has 4 nitrogen and oxygen atoms in total. The van der Waals surface area contributed by atoms with Crippen molar-refractivity contribution in [1.29, 1.82) is 0 Å². The van der Waals surface area contributed by atoms with E-state index in [0.717, 1.165) is 0 Å². The molecule has 128 valence electrons. The molecule has 0 saturated carbocycles. The number of hydrogen-bond acceptors (Lipinski definition) is 2. The number of rotatable bonds is 9. The van der Waals surface area contributed by atoms with Crippen LogP contribution in [0.25, 0.3) is 0 Å². The van der Waals surface area contributed by atoms with Crippen LogP contribution >= 0.6 is 0 Å². The first-order valence-corrected chi connectivity index (χ1v) is 8.25. The third-order valence-electron chi connectivity index (χ3n) is 3.23. The minimum atomic E-state index is -1.23. The number of unbranched alkanes of at least 4 members (excludes halogenated alkanes) is 5. The Bertz CT molecular complexity index is 459. The first-order valence-electron chi connectivity index (χ1n) is 8.25. The second-order valence-electron chi connectivity index (χ2n) is 5.27. The van der Waals surface area contributed by atoms with E-state index in [0.29, 0.717) is 0 Å². The van der Waals surface area contributed by atoms with Gasteiger partial charge in [-0.2, -0.15) is 0 Å². The van der Waals surface area contributed by atoms with E-state index in [1.807, 2.05) is 0 Å². The maximum atomic E-state index is 10.5. The summed E-state index contributed by atoms with van der Waals surface area (Å²) in [4.78, 5) is 20.9. The van der Waals surface area contributed by atoms with Gasteiger partial charge in [0.1, 0.15) is 0 Å². The Morgan fingerprint density at radius 1 is 0.826 bits per heavy atom. The number of aromatic carboxylic acids is 2. The predicted molar refractivity (Wildman–Crippen MR) is 93.2 cm³/mol. The van der Waals surface area contributed by atoms with Crippen molar-refractivity contribution in [2.75, 3.05) is 0 Å². The Kier molecular flexibility index (Phi) is 12.3. The second-order valence-corrected chi connectivity index (χ2v) is 5.27. The highest BCUT2D eigenvalue weighted by atomic mass is 16.4. The van der Waals surface area contributed by atoms with Gasteiger partial charge in [-0.25, -0.2) is 9.59 Å². The molecule has 1 aromatic carbocycles. The highest BCUT2D eigenvalue weighted by molar-refractivity contribution is 6.01. The van der Waals surface area contributed by atoms with Crippen molar-refractivity contribution in [1.82, 2.24) is 0 Å². The van der Waals surface area contributed by atoms with E-state index in [4.69, 9.17) is 10.2 Å². The van der Waals surface area contributed by atoms with Crippen LogP contribution in [0.2, 0.25) is 0 Å². The summed E-state index contributed by atoms with van der Waals surface area (Å²) in [5, 5.41) is 17.1. The van der Waals surface area contributed by atoms with Gasteiger partial charge in [0.25, 0.3) is 0 Å². The van der Waals surface area contributed by atoms with E-state index in [9.17, 15) is 9.59 Å².